The number of benzene rings is 1. The fraction of sp³-hybridized carbons (Fsp3) is 0.333. The highest BCUT2D eigenvalue weighted by Crippen LogP contribution is 2.40. The van der Waals surface area contributed by atoms with Crippen molar-refractivity contribution in [2.45, 2.75) is 0 Å². The molecule has 2 aliphatic heterocycles. The van der Waals surface area contributed by atoms with Crippen molar-refractivity contribution in [3.63, 3.8) is 0 Å². The Morgan fingerprint density at radius 1 is 1.20 bits per heavy atom. The van der Waals surface area contributed by atoms with Gasteiger partial charge in [-0.05, 0) is 31.0 Å². The maximum Gasteiger partial charge on any atom is 0.219 e. The van der Waals surface area contributed by atoms with Crippen molar-refractivity contribution in [1.29, 1.82) is 0 Å². The Labute approximate surface area is 119 Å². The van der Waals surface area contributed by atoms with Crippen molar-refractivity contribution in [1.82, 2.24) is 0 Å². The van der Waals surface area contributed by atoms with E-state index >= 15 is 0 Å². The average Bonchev–Trinajstić information content (AvgIpc) is 2.39. The Morgan fingerprint density at radius 3 is 2.25 bits per heavy atom. The zero-order valence-corrected chi connectivity index (χ0v) is 11.6. The van der Waals surface area contributed by atoms with Crippen molar-refractivity contribution in [3.8, 4) is 0 Å². The summed E-state index contributed by atoms with van der Waals surface area (Å²) < 4.78 is 5.26. The maximum absolute atomic E-state index is 5.50. The first-order valence-corrected chi connectivity index (χ1v) is 6.44. The molecule has 2 saturated heterocycles. The second-order valence-electron chi connectivity index (χ2n) is 4.99. The standard InChI is InChI=1S/C13H16N4O.C2H4/c1-15-12(14)16-10-2-4-11(5-3-10)17-6-13(7-17)8-18-9-13;1-2/h2-5H,1,6-9H2,(H2,14,16);1-2H2. The van der Waals surface area contributed by atoms with E-state index in [4.69, 9.17) is 10.5 Å². The third kappa shape index (κ3) is 2.72. The summed E-state index contributed by atoms with van der Waals surface area (Å²) in [6.07, 6.45) is 0. The van der Waals surface area contributed by atoms with E-state index in [1.165, 1.54) is 5.69 Å². The van der Waals surface area contributed by atoms with E-state index in [1.807, 2.05) is 12.1 Å². The van der Waals surface area contributed by atoms with Gasteiger partial charge in [0.2, 0.25) is 5.96 Å². The van der Waals surface area contributed by atoms with Gasteiger partial charge in [-0.1, -0.05) is 0 Å². The van der Waals surface area contributed by atoms with E-state index in [-0.39, 0.29) is 5.96 Å². The predicted octanol–water partition coefficient (Wildman–Crippen LogP) is 1.97. The fourth-order valence-corrected chi connectivity index (χ4v) is 2.42. The van der Waals surface area contributed by atoms with Crippen LogP contribution < -0.4 is 10.6 Å². The lowest BCUT2D eigenvalue weighted by atomic mass is 9.78. The molecule has 2 fully saturated rings. The van der Waals surface area contributed by atoms with Crippen molar-refractivity contribution in [2.75, 3.05) is 31.2 Å². The van der Waals surface area contributed by atoms with Gasteiger partial charge < -0.3 is 15.4 Å². The Kier molecular flexibility index (Phi) is 4.20. The molecule has 0 aromatic heterocycles. The first-order valence-electron chi connectivity index (χ1n) is 6.44. The molecule has 0 amide bonds. The maximum atomic E-state index is 5.50. The molecule has 20 heavy (non-hydrogen) atoms. The molecule has 1 spiro atoms. The van der Waals surface area contributed by atoms with Crippen LogP contribution in [0.2, 0.25) is 0 Å². The molecular formula is C15H20N4O. The molecule has 0 atom stereocenters. The molecule has 0 unspecified atom stereocenters. The molecular weight excluding hydrogens is 252 g/mol. The minimum Gasteiger partial charge on any atom is -0.380 e. The lowest BCUT2D eigenvalue weighted by molar-refractivity contribution is -0.127. The molecule has 5 heteroatoms. The number of nitrogens with two attached hydrogens (primary N) is 1. The summed E-state index contributed by atoms with van der Waals surface area (Å²) in [7, 11) is 0. The molecule has 3 rings (SSSR count). The fourth-order valence-electron chi connectivity index (χ4n) is 2.42. The highest BCUT2D eigenvalue weighted by Gasteiger charge is 2.48. The van der Waals surface area contributed by atoms with Crippen LogP contribution in [0.3, 0.4) is 0 Å². The second-order valence-corrected chi connectivity index (χ2v) is 4.99. The third-order valence-electron chi connectivity index (χ3n) is 3.49. The number of hydrogen-bond acceptors (Lipinski definition) is 3. The van der Waals surface area contributed by atoms with Crippen LogP contribution in [0.25, 0.3) is 0 Å². The Morgan fingerprint density at radius 2 is 1.80 bits per heavy atom. The van der Waals surface area contributed by atoms with E-state index < -0.39 is 0 Å². The topological polar surface area (TPSA) is 63.2 Å². The van der Waals surface area contributed by atoms with Crippen molar-refractivity contribution in [2.24, 2.45) is 21.1 Å². The van der Waals surface area contributed by atoms with Gasteiger partial charge in [0.25, 0.3) is 0 Å². The third-order valence-corrected chi connectivity index (χ3v) is 3.49. The Balaban J connectivity index is 0.000000704. The summed E-state index contributed by atoms with van der Waals surface area (Å²) in [5.41, 5.74) is 7.95. The zero-order chi connectivity index (χ0) is 14.6. The zero-order valence-electron chi connectivity index (χ0n) is 11.6. The van der Waals surface area contributed by atoms with Crippen LogP contribution in [0, 0.1) is 5.41 Å². The number of aliphatic imine (C=N–C) groups is 2. The van der Waals surface area contributed by atoms with Crippen molar-refractivity contribution < 1.29 is 4.74 Å². The molecule has 0 radical (unpaired) electrons. The predicted molar refractivity (Wildman–Crippen MR) is 84.0 cm³/mol. The Bertz CT molecular complexity index is 497. The van der Waals surface area contributed by atoms with Crippen LogP contribution in [-0.4, -0.2) is 39.0 Å². The molecule has 2 aliphatic rings. The first kappa shape index (κ1) is 14.3. The van der Waals surface area contributed by atoms with E-state index in [9.17, 15) is 0 Å². The van der Waals surface area contributed by atoms with E-state index in [0.717, 1.165) is 32.0 Å². The second kappa shape index (κ2) is 5.88. The van der Waals surface area contributed by atoms with Gasteiger partial charge in [-0.25, -0.2) is 9.98 Å². The van der Waals surface area contributed by atoms with Crippen LogP contribution in [0.15, 0.2) is 47.4 Å². The summed E-state index contributed by atoms with van der Waals surface area (Å²) in [6, 6.07) is 7.99. The van der Waals surface area contributed by atoms with Gasteiger partial charge in [-0.15, -0.1) is 13.2 Å². The van der Waals surface area contributed by atoms with Gasteiger partial charge in [0, 0.05) is 18.8 Å². The molecule has 5 nitrogen and oxygen atoms in total. The molecule has 106 valence electrons. The van der Waals surface area contributed by atoms with Gasteiger partial charge in [0.15, 0.2) is 0 Å². The molecule has 1 aromatic rings. The highest BCUT2D eigenvalue weighted by atomic mass is 16.5. The summed E-state index contributed by atoms with van der Waals surface area (Å²) in [5, 5.41) is 0. The Hall–Kier alpha value is -2.14. The minimum atomic E-state index is 0.192. The van der Waals surface area contributed by atoms with Crippen molar-refractivity contribution in [3.05, 3.63) is 37.4 Å². The number of rotatable bonds is 2. The number of ether oxygens (including phenoxy) is 1. The van der Waals surface area contributed by atoms with Gasteiger partial charge >= 0.3 is 0 Å². The summed E-state index contributed by atoms with van der Waals surface area (Å²) in [4.78, 5) is 10.0. The van der Waals surface area contributed by atoms with Gasteiger partial charge in [0.05, 0.1) is 24.3 Å². The molecule has 0 aliphatic carbocycles. The van der Waals surface area contributed by atoms with Crippen LogP contribution in [-0.2, 0) is 4.74 Å². The molecule has 0 saturated carbocycles. The normalized spacial score (nSPS) is 19.4. The number of guanidine groups is 1. The number of anilines is 1. The SMILES string of the molecule is C=C.C=NC(N)=Nc1ccc(N2CC3(COC3)C2)cc1. The van der Waals surface area contributed by atoms with E-state index in [1.54, 1.807) is 0 Å². The van der Waals surface area contributed by atoms with Gasteiger partial charge in [-0.3, -0.25) is 0 Å². The van der Waals surface area contributed by atoms with Gasteiger partial charge in [0.1, 0.15) is 0 Å². The molecule has 2 N–H and O–H groups in total. The number of hydrogen-bond donors (Lipinski definition) is 1. The molecule has 2 heterocycles. The van der Waals surface area contributed by atoms with E-state index in [0.29, 0.717) is 5.41 Å². The van der Waals surface area contributed by atoms with Crippen LogP contribution in [0.1, 0.15) is 0 Å². The van der Waals surface area contributed by atoms with Gasteiger partial charge in [-0.2, -0.15) is 0 Å². The summed E-state index contributed by atoms with van der Waals surface area (Å²) >= 11 is 0. The van der Waals surface area contributed by atoms with Crippen LogP contribution in [0.4, 0.5) is 11.4 Å². The lowest BCUT2D eigenvalue weighted by Crippen LogP contribution is -2.66. The van der Waals surface area contributed by atoms with Crippen molar-refractivity contribution >= 4 is 24.1 Å². The average molecular weight is 272 g/mol. The summed E-state index contributed by atoms with van der Waals surface area (Å²) in [6.45, 7) is 13.3. The lowest BCUT2D eigenvalue weighted by Gasteiger charge is -2.56. The first-order chi connectivity index (χ1) is 9.71. The van der Waals surface area contributed by atoms with Crippen LogP contribution in [0.5, 0.6) is 0 Å². The minimum absolute atomic E-state index is 0.192. The molecule has 1 aromatic carbocycles. The highest BCUT2D eigenvalue weighted by molar-refractivity contribution is 5.84. The monoisotopic (exact) mass is 272 g/mol. The molecule has 0 bridgehead atoms. The van der Waals surface area contributed by atoms with E-state index in [2.05, 4.69) is 46.9 Å². The quantitative estimate of drug-likeness (QED) is 0.508. The largest absolute Gasteiger partial charge is 0.380 e. The van der Waals surface area contributed by atoms with Crippen LogP contribution >= 0.6 is 0 Å². The smallest absolute Gasteiger partial charge is 0.219 e. The number of nitrogens with zero attached hydrogens (tertiary/aromatic N) is 3. The summed E-state index contributed by atoms with van der Waals surface area (Å²) in [5.74, 6) is 0.192.